The van der Waals surface area contributed by atoms with Crippen LogP contribution in [0, 0.1) is 11.2 Å². The highest BCUT2D eigenvalue weighted by Crippen LogP contribution is 2.45. The van der Waals surface area contributed by atoms with Crippen molar-refractivity contribution >= 4 is 27.3 Å². The van der Waals surface area contributed by atoms with Gasteiger partial charge in [-0.25, -0.2) is 12.8 Å². The van der Waals surface area contributed by atoms with E-state index >= 15 is 0 Å². The van der Waals surface area contributed by atoms with Gasteiger partial charge in [-0.05, 0) is 37.1 Å². The second-order valence-electron chi connectivity index (χ2n) is 9.89. The Morgan fingerprint density at radius 2 is 1.81 bits per heavy atom. The van der Waals surface area contributed by atoms with Crippen molar-refractivity contribution < 1.29 is 17.5 Å². The summed E-state index contributed by atoms with van der Waals surface area (Å²) in [7, 11) is -3.71. The van der Waals surface area contributed by atoms with E-state index < -0.39 is 27.2 Å². The summed E-state index contributed by atoms with van der Waals surface area (Å²) in [4.78, 5) is 15.4. The number of rotatable bonds is 8. The molecule has 2 aromatic carbocycles. The van der Waals surface area contributed by atoms with E-state index in [2.05, 4.69) is 12.0 Å². The average molecular weight is 547 g/mol. The van der Waals surface area contributed by atoms with Gasteiger partial charge >= 0.3 is 5.56 Å². The van der Waals surface area contributed by atoms with E-state index in [1.807, 2.05) is 4.90 Å². The Morgan fingerprint density at radius 1 is 1.08 bits per heavy atom. The summed E-state index contributed by atoms with van der Waals surface area (Å²) in [6, 6.07) is 12.7. The largest absolute Gasteiger partial charge is 0.486 e. The number of nitrogens with zero attached hydrogens (tertiary/aromatic N) is 4. The number of aromatic nitrogens is 2. The molecule has 1 saturated carbocycles. The van der Waals surface area contributed by atoms with Gasteiger partial charge in [0.15, 0.2) is 0 Å². The minimum atomic E-state index is -3.71. The van der Waals surface area contributed by atoms with Gasteiger partial charge in [0.1, 0.15) is 11.5 Å². The number of ether oxygens (including phenoxy) is 1. The van der Waals surface area contributed by atoms with Crippen LogP contribution >= 0.6 is 11.6 Å². The van der Waals surface area contributed by atoms with Gasteiger partial charge in [-0.2, -0.15) is 14.1 Å². The molecule has 0 unspecified atom stereocenters. The first-order valence-electron chi connectivity index (χ1n) is 12.1. The van der Waals surface area contributed by atoms with E-state index in [4.69, 9.17) is 16.3 Å². The van der Waals surface area contributed by atoms with Crippen molar-refractivity contribution in [1.29, 1.82) is 0 Å². The zero-order valence-electron chi connectivity index (χ0n) is 20.4. The van der Waals surface area contributed by atoms with Crippen LogP contribution < -0.4 is 15.2 Å². The highest BCUT2D eigenvalue weighted by molar-refractivity contribution is 7.88. The van der Waals surface area contributed by atoms with Gasteiger partial charge in [0.05, 0.1) is 24.2 Å². The molecule has 0 spiro atoms. The third-order valence-electron chi connectivity index (χ3n) is 6.90. The van der Waals surface area contributed by atoms with Crippen molar-refractivity contribution in [3.8, 4) is 11.4 Å². The molecule has 5 rings (SSSR count). The maximum absolute atomic E-state index is 14.0. The predicted octanol–water partition coefficient (Wildman–Crippen LogP) is 3.86. The molecule has 2 aliphatic rings. The maximum atomic E-state index is 14.0. The molecule has 1 saturated heterocycles. The van der Waals surface area contributed by atoms with Gasteiger partial charge < -0.3 is 9.64 Å². The highest BCUT2D eigenvalue weighted by atomic mass is 35.5. The van der Waals surface area contributed by atoms with Crippen molar-refractivity contribution in [2.45, 2.75) is 25.5 Å². The molecular weight excluding hydrogens is 519 g/mol. The van der Waals surface area contributed by atoms with E-state index in [1.165, 1.54) is 27.2 Å². The summed E-state index contributed by atoms with van der Waals surface area (Å²) in [5.74, 6) is -0.753. The van der Waals surface area contributed by atoms with E-state index in [1.54, 1.807) is 36.5 Å². The summed E-state index contributed by atoms with van der Waals surface area (Å²) in [6.45, 7) is 3.60. The third kappa shape index (κ3) is 5.66. The van der Waals surface area contributed by atoms with Crippen molar-refractivity contribution in [2.24, 2.45) is 5.41 Å². The Kier molecular flexibility index (Phi) is 6.99. The molecule has 2 heterocycles. The maximum Gasteiger partial charge on any atom is 0.316 e. The lowest BCUT2D eigenvalue weighted by Gasteiger charge is -2.35. The van der Waals surface area contributed by atoms with Crippen LogP contribution in [0.4, 0.5) is 10.1 Å². The normalized spacial score (nSPS) is 17.5. The molecule has 0 amide bonds. The van der Waals surface area contributed by atoms with Crippen molar-refractivity contribution in [2.75, 3.05) is 37.7 Å². The van der Waals surface area contributed by atoms with Gasteiger partial charge in [-0.1, -0.05) is 42.8 Å². The molecule has 0 radical (unpaired) electrons. The zero-order valence-corrected chi connectivity index (χ0v) is 22.0. The van der Waals surface area contributed by atoms with Crippen LogP contribution in [0.3, 0.4) is 0 Å². The average Bonchev–Trinajstić information content (AvgIpc) is 3.61. The molecule has 0 bridgehead atoms. The Bertz CT molecular complexity index is 1470. The van der Waals surface area contributed by atoms with Gasteiger partial charge in [0.25, 0.3) is 0 Å². The molecule has 8 nitrogen and oxygen atoms in total. The van der Waals surface area contributed by atoms with E-state index in [0.717, 1.165) is 12.8 Å². The molecule has 196 valence electrons. The first-order valence-corrected chi connectivity index (χ1v) is 14.1. The molecule has 2 fully saturated rings. The fraction of sp³-hybridized carbons (Fsp3) is 0.385. The summed E-state index contributed by atoms with van der Waals surface area (Å²) in [6.07, 6.45) is 3.65. The summed E-state index contributed by atoms with van der Waals surface area (Å²) >= 11 is 6.12. The van der Waals surface area contributed by atoms with Crippen LogP contribution in [-0.2, 0) is 15.8 Å². The van der Waals surface area contributed by atoms with E-state index in [0.29, 0.717) is 36.1 Å². The van der Waals surface area contributed by atoms with Crippen LogP contribution in [0.1, 0.15) is 25.3 Å². The number of halogens is 2. The lowest BCUT2D eigenvalue weighted by atomic mass is 10.2. The van der Waals surface area contributed by atoms with Crippen molar-refractivity contribution in [1.82, 2.24) is 14.1 Å². The van der Waals surface area contributed by atoms with Gasteiger partial charge in [0, 0.05) is 42.2 Å². The highest BCUT2D eigenvalue weighted by Gasteiger charge is 2.39. The van der Waals surface area contributed by atoms with Crippen LogP contribution in [-0.4, -0.2) is 55.3 Å². The number of hydrogen-bond acceptors (Lipinski definition) is 6. The molecule has 11 heteroatoms. The lowest BCUT2D eigenvalue weighted by molar-refractivity contribution is 0.242. The lowest BCUT2D eigenvalue weighted by Crippen LogP contribution is -2.49. The molecule has 0 N–H and O–H groups in total. The number of hydrogen-bond donors (Lipinski definition) is 0. The number of benzene rings is 2. The SMILES string of the molecule is CC1(COc2c(N3CCN(S(=O)(=O)Cc4ccccc4F)CC3)cnn(-c3cccc(Cl)c3)c2=O)CC1. The first-order chi connectivity index (χ1) is 17.7. The fourth-order valence-electron chi connectivity index (χ4n) is 4.30. The minimum absolute atomic E-state index is 0.0490. The van der Waals surface area contributed by atoms with Gasteiger partial charge in [0.2, 0.25) is 15.8 Å². The molecule has 3 aromatic rings. The quantitative estimate of drug-likeness (QED) is 0.427. The number of piperazine rings is 1. The third-order valence-corrected chi connectivity index (χ3v) is 8.97. The van der Waals surface area contributed by atoms with E-state index in [9.17, 15) is 17.6 Å². The fourth-order valence-corrected chi connectivity index (χ4v) is 6.01. The Labute approximate surface area is 220 Å². The van der Waals surface area contributed by atoms with Crippen molar-refractivity contribution in [3.63, 3.8) is 0 Å². The summed E-state index contributed by atoms with van der Waals surface area (Å²) < 4.78 is 48.7. The molecule has 37 heavy (non-hydrogen) atoms. The zero-order chi connectivity index (χ0) is 26.2. The Morgan fingerprint density at radius 3 is 2.49 bits per heavy atom. The topological polar surface area (TPSA) is 84.7 Å². The molecule has 1 aromatic heterocycles. The molecule has 1 aliphatic carbocycles. The number of anilines is 1. The Hall–Kier alpha value is -2.95. The standard InChI is InChI=1S/C26H28ClFN4O4S/c1-26(9-10-26)18-36-24-23(16-29-32(25(24)33)21-7-4-6-20(27)15-21)30-11-13-31(14-12-30)37(34,35)17-19-5-2-3-8-22(19)28/h2-8,15-16H,9-14,17-18H2,1H3. The monoisotopic (exact) mass is 546 g/mol. The second kappa shape index (κ2) is 10.1. The second-order valence-corrected chi connectivity index (χ2v) is 12.3. The molecular formula is C26H28ClFN4O4S. The van der Waals surface area contributed by atoms with Crippen LogP contribution in [0.15, 0.2) is 59.5 Å². The first kappa shape index (κ1) is 25.7. The predicted molar refractivity (Wildman–Crippen MR) is 140 cm³/mol. The summed E-state index contributed by atoms with van der Waals surface area (Å²) in [5.41, 5.74) is 0.837. The number of sulfonamides is 1. The van der Waals surface area contributed by atoms with Gasteiger partial charge in [-0.3, -0.25) is 4.79 Å². The van der Waals surface area contributed by atoms with Crippen LogP contribution in [0.25, 0.3) is 5.69 Å². The smallest absolute Gasteiger partial charge is 0.316 e. The van der Waals surface area contributed by atoms with Crippen molar-refractivity contribution in [3.05, 3.63) is 81.5 Å². The Balaban J connectivity index is 1.37. The van der Waals surface area contributed by atoms with Gasteiger partial charge in [-0.15, -0.1) is 0 Å². The molecule has 1 aliphatic heterocycles. The molecule has 0 atom stereocenters. The van der Waals surface area contributed by atoms with Crippen LogP contribution in [0.2, 0.25) is 5.02 Å². The van der Waals surface area contributed by atoms with Crippen LogP contribution in [0.5, 0.6) is 5.75 Å². The van der Waals surface area contributed by atoms with E-state index in [-0.39, 0.29) is 29.8 Å². The summed E-state index contributed by atoms with van der Waals surface area (Å²) in [5, 5.41) is 4.85. The minimum Gasteiger partial charge on any atom is -0.486 e.